The Balaban J connectivity index is 1.28. The highest BCUT2D eigenvalue weighted by Crippen LogP contribution is 2.33. The summed E-state index contributed by atoms with van der Waals surface area (Å²) in [6, 6.07) is 14.4. The van der Waals surface area contributed by atoms with Gasteiger partial charge in [-0.2, -0.15) is 0 Å². The van der Waals surface area contributed by atoms with Gasteiger partial charge in [0, 0.05) is 34.8 Å². The Morgan fingerprint density at radius 2 is 1.71 bits per heavy atom. The molecule has 5 rings (SSSR count). The van der Waals surface area contributed by atoms with Crippen molar-refractivity contribution in [3.05, 3.63) is 87.8 Å². The van der Waals surface area contributed by atoms with Crippen LogP contribution in [-0.4, -0.2) is 32.7 Å². The lowest BCUT2D eigenvalue weighted by Crippen LogP contribution is -2.17. The molecular formula is C27H23NO9S. The number of carbonyl (C=O) groups excluding carboxylic acids is 1. The fourth-order valence-corrected chi connectivity index (χ4v) is 5.09. The highest BCUT2D eigenvalue weighted by atomic mass is 32.2. The minimum Gasteiger partial charge on any atom is -0.508 e. The second-order valence-electron chi connectivity index (χ2n) is 8.49. The number of rotatable bonds is 7. The maximum Gasteiger partial charge on any atom is 0.338 e. The first-order valence-electron chi connectivity index (χ1n) is 11.7. The van der Waals surface area contributed by atoms with Crippen LogP contribution in [0.3, 0.4) is 0 Å². The van der Waals surface area contributed by atoms with Crippen molar-refractivity contribution in [1.82, 2.24) is 0 Å². The predicted octanol–water partition coefficient (Wildman–Crippen LogP) is 3.99. The van der Waals surface area contributed by atoms with Gasteiger partial charge in [0.1, 0.15) is 31.2 Å². The van der Waals surface area contributed by atoms with Gasteiger partial charge in [-0.25, -0.2) is 18.0 Å². The summed E-state index contributed by atoms with van der Waals surface area (Å²) in [5.41, 5.74) is 1.08. The number of anilines is 1. The molecule has 196 valence electrons. The van der Waals surface area contributed by atoms with E-state index in [4.69, 9.17) is 18.6 Å². The van der Waals surface area contributed by atoms with Gasteiger partial charge < -0.3 is 23.7 Å². The fourth-order valence-electron chi connectivity index (χ4n) is 4.02. The first-order chi connectivity index (χ1) is 18.2. The lowest BCUT2D eigenvalue weighted by atomic mass is 10.0. The van der Waals surface area contributed by atoms with Crippen LogP contribution >= 0.6 is 0 Å². The highest BCUT2D eigenvalue weighted by molar-refractivity contribution is 7.92. The lowest BCUT2D eigenvalue weighted by molar-refractivity contribution is 0.0474. The molecular weight excluding hydrogens is 514 g/mol. The summed E-state index contributed by atoms with van der Waals surface area (Å²) in [4.78, 5) is 24.6. The van der Waals surface area contributed by atoms with E-state index in [1.165, 1.54) is 54.6 Å². The van der Waals surface area contributed by atoms with Crippen LogP contribution in [0.4, 0.5) is 5.69 Å². The van der Waals surface area contributed by atoms with Crippen molar-refractivity contribution in [1.29, 1.82) is 0 Å². The number of phenolic OH excluding ortho intramolecular Hbond substituents is 1. The normalized spacial score (nSPS) is 12.8. The minimum atomic E-state index is -3.92. The van der Waals surface area contributed by atoms with Crippen molar-refractivity contribution in [3.8, 4) is 17.2 Å². The molecule has 0 unspecified atom stereocenters. The van der Waals surface area contributed by atoms with E-state index in [1.807, 2.05) is 6.92 Å². The van der Waals surface area contributed by atoms with Gasteiger partial charge in [-0.15, -0.1) is 0 Å². The third kappa shape index (κ3) is 5.14. The summed E-state index contributed by atoms with van der Waals surface area (Å²) in [5, 5.41) is 10.6. The number of ether oxygens (including phenoxy) is 3. The van der Waals surface area contributed by atoms with E-state index in [0.29, 0.717) is 47.6 Å². The smallest absolute Gasteiger partial charge is 0.338 e. The van der Waals surface area contributed by atoms with E-state index in [9.17, 15) is 23.1 Å². The molecule has 2 N–H and O–H groups in total. The second kappa shape index (κ2) is 10.1. The Morgan fingerprint density at radius 1 is 0.974 bits per heavy atom. The van der Waals surface area contributed by atoms with E-state index in [-0.39, 0.29) is 34.1 Å². The van der Waals surface area contributed by atoms with Crippen LogP contribution < -0.4 is 19.8 Å². The number of aromatic hydroxyl groups is 1. The summed E-state index contributed by atoms with van der Waals surface area (Å²) in [5.74, 6) is 0.180. The molecule has 11 heteroatoms. The number of benzene rings is 3. The predicted molar refractivity (Wildman–Crippen MR) is 137 cm³/mol. The highest BCUT2D eigenvalue weighted by Gasteiger charge is 2.20. The molecule has 1 aromatic heterocycles. The largest absolute Gasteiger partial charge is 0.508 e. The van der Waals surface area contributed by atoms with Crippen molar-refractivity contribution in [2.75, 3.05) is 17.9 Å². The molecule has 0 atom stereocenters. The minimum absolute atomic E-state index is 0.00403. The average Bonchev–Trinajstić information content (AvgIpc) is 2.91. The monoisotopic (exact) mass is 537 g/mol. The number of sulfonamides is 1. The van der Waals surface area contributed by atoms with Gasteiger partial charge in [0.25, 0.3) is 10.0 Å². The molecule has 10 nitrogen and oxygen atoms in total. The van der Waals surface area contributed by atoms with Crippen LogP contribution in [0.25, 0.3) is 11.0 Å². The zero-order valence-corrected chi connectivity index (χ0v) is 21.0. The summed E-state index contributed by atoms with van der Waals surface area (Å²) < 4.78 is 49.5. The number of aryl methyl sites for hydroxylation is 1. The van der Waals surface area contributed by atoms with Gasteiger partial charge in [-0.05, 0) is 54.4 Å². The van der Waals surface area contributed by atoms with Crippen LogP contribution in [0.2, 0.25) is 0 Å². The molecule has 0 radical (unpaired) electrons. The molecule has 0 bridgehead atoms. The Morgan fingerprint density at radius 3 is 2.45 bits per heavy atom. The van der Waals surface area contributed by atoms with Crippen LogP contribution in [0.5, 0.6) is 17.2 Å². The Hall–Kier alpha value is -4.51. The number of phenols is 1. The summed E-state index contributed by atoms with van der Waals surface area (Å²) in [6.45, 7) is 2.40. The molecule has 1 aliphatic heterocycles. The standard InChI is InChI=1S/C27H23NO9S/c1-2-16-11-21-18(12-26(30)37-24(21)14-22(16)29)15-36-27(31)17-3-5-19(6-4-17)28-38(32,33)20-7-8-23-25(13-20)35-10-9-34-23/h3-8,11-14,28-29H,2,9-10,15H2,1H3. The fraction of sp³-hybridized carbons (Fsp3) is 0.185. The molecule has 1 aliphatic rings. The van der Waals surface area contributed by atoms with E-state index in [2.05, 4.69) is 4.72 Å². The van der Waals surface area contributed by atoms with E-state index in [1.54, 1.807) is 6.07 Å². The number of carbonyl (C=O) groups is 1. The molecule has 2 heterocycles. The van der Waals surface area contributed by atoms with Gasteiger partial charge in [0.05, 0.1) is 10.5 Å². The number of nitrogens with one attached hydrogen (secondary N) is 1. The SMILES string of the molecule is CCc1cc2c(COC(=O)c3ccc(NS(=O)(=O)c4ccc5c(c4)OCCO5)cc3)cc(=O)oc2cc1O. The molecule has 4 aromatic rings. The number of hydrogen-bond acceptors (Lipinski definition) is 9. The van der Waals surface area contributed by atoms with Crippen molar-refractivity contribution in [2.45, 2.75) is 24.8 Å². The van der Waals surface area contributed by atoms with Crippen LogP contribution in [0.15, 0.2) is 74.8 Å². The van der Waals surface area contributed by atoms with Crippen molar-refractivity contribution in [3.63, 3.8) is 0 Å². The Bertz CT molecular complexity index is 1690. The van der Waals surface area contributed by atoms with Crippen LogP contribution in [0.1, 0.15) is 28.4 Å². The molecule has 0 fully saturated rings. The van der Waals surface area contributed by atoms with Crippen molar-refractivity contribution < 1.29 is 36.9 Å². The van der Waals surface area contributed by atoms with Gasteiger partial charge in [-0.3, -0.25) is 4.72 Å². The average molecular weight is 538 g/mol. The summed E-state index contributed by atoms with van der Waals surface area (Å²) in [6.07, 6.45) is 0.560. The van der Waals surface area contributed by atoms with Gasteiger partial charge in [0.15, 0.2) is 11.5 Å². The summed E-state index contributed by atoms with van der Waals surface area (Å²) >= 11 is 0. The van der Waals surface area contributed by atoms with Gasteiger partial charge >= 0.3 is 11.6 Å². The third-order valence-corrected chi connectivity index (χ3v) is 7.34. The first-order valence-corrected chi connectivity index (χ1v) is 13.2. The number of esters is 1. The first kappa shape index (κ1) is 25.2. The molecule has 3 aromatic carbocycles. The van der Waals surface area contributed by atoms with Gasteiger partial charge in [0.2, 0.25) is 0 Å². The maximum absolute atomic E-state index is 12.8. The second-order valence-corrected chi connectivity index (χ2v) is 10.2. The molecule has 0 amide bonds. The summed E-state index contributed by atoms with van der Waals surface area (Å²) in [7, 11) is -3.92. The Kier molecular flexibility index (Phi) is 6.68. The maximum atomic E-state index is 12.8. The molecule has 0 spiro atoms. The Labute approximate surface area is 217 Å². The van der Waals surface area contributed by atoms with Crippen LogP contribution in [-0.2, 0) is 27.8 Å². The third-order valence-electron chi connectivity index (χ3n) is 5.97. The number of hydrogen-bond donors (Lipinski definition) is 2. The number of fused-ring (bicyclic) bond motifs is 2. The topological polar surface area (TPSA) is 141 Å². The van der Waals surface area contributed by atoms with Crippen molar-refractivity contribution >= 4 is 32.6 Å². The molecule has 0 saturated carbocycles. The quantitative estimate of drug-likeness (QED) is 0.264. The molecule has 0 saturated heterocycles. The lowest BCUT2D eigenvalue weighted by Gasteiger charge is -2.19. The van der Waals surface area contributed by atoms with E-state index in [0.717, 1.165) is 0 Å². The zero-order valence-electron chi connectivity index (χ0n) is 20.2. The zero-order chi connectivity index (χ0) is 26.9. The van der Waals surface area contributed by atoms with Crippen molar-refractivity contribution in [2.24, 2.45) is 0 Å². The van der Waals surface area contributed by atoms with Gasteiger partial charge in [-0.1, -0.05) is 6.92 Å². The molecule has 0 aliphatic carbocycles. The molecule has 38 heavy (non-hydrogen) atoms. The van der Waals surface area contributed by atoms with Crippen LogP contribution in [0, 0.1) is 0 Å². The van der Waals surface area contributed by atoms with E-state index >= 15 is 0 Å². The van der Waals surface area contributed by atoms with E-state index < -0.39 is 21.6 Å².